The zero-order valence-electron chi connectivity index (χ0n) is 20.3. The van der Waals surface area contributed by atoms with Crippen LogP contribution in [0.5, 0.6) is 23.0 Å². The van der Waals surface area contributed by atoms with E-state index in [-0.39, 0.29) is 6.10 Å². The minimum absolute atomic E-state index is 0.0849. The highest BCUT2D eigenvalue weighted by Gasteiger charge is 2.21. The Labute approximate surface area is 199 Å². The number of hydrogen-bond acceptors (Lipinski definition) is 7. The first-order valence-corrected chi connectivity index (χ1v) is 11.3. The van der Waals surface area contributed by atoms with Gasteiger partial charge in [0.1, 0.15) is 17.6 Å². The summed E-state index contributed by atoms with van der Waals surface area (Å²) in [5, 5.41) is 3.69. The Bertz CT molecular complexity index is 1200. The molecule has 1 atom stereocenters. The van der Waals surface area contributed by atoms with Crippen molar-refractivity contribution in [3.63, 3.8) is 0 Å². The van der Waals surface area contributed by atoms with E-state index in [4.69, 9.17) is 18.9 Å². The van der Waals surface area contributed by atoms with Crippen LogP contribution in [0.4, 0.5) is 10.5 Å². The number of likely N-dealkylation sites (N-methyl/N-ethyl adjacent to an activating group) is 1. The van der Waals surface area contributed by atoms with E-state index in [2.05, 4.69) is 15.2 Å². The number of nitrogens with one attached hydrogen (secondary N) is 1. The van der Waals surface area contributed by atoms with Crippen molar-refractivity contribution in [2.45, 2.75) is 32.8 Å². The van der Waals surface area contributed by atoms with Gasteiger partial charge in [0.05, 0.1) is 19.7 Å². The van der Waals surface area contributed by atoms with Crippen LogP contribution in [0.1, 0.15) is 24.0 Å². The average Bonchev–Trinajstić information content (AvgIpc) is 2.83. The molecule has 0 spiro atoms. The molecule has 1 aliphatic heterocycles. The fourth-order valence-electron chi connectivity index (χ4n) is 4.20. The molecule has 3 aromatic rings. The van der Waals surface area contributed by atoms with Crippen molar-refractivity contribution >= 4 is 22.7 Å². The van der Waals surface area contributed by atoms with Crippen LogP contribution in [0.2, 0.25) is 0 Å². The van der Waals surface area contributed by atoms with Gasteiger partial charge in [-0.25, -0.2) is 4.79 Å². The number of carbonyl (C=O) groups is 1. The molecule has 1 saturated heterocycles. The van der Waals surface area contributed by atoms with Crippen molar-refractivity contribution in [2.75, 3.05) is 39.7 Å². The van der Waals surface area contributed by atoms with Crippen molar-refractivity contribution in [3.05, 3.63) is 47.7 Å². The van der Waals surface area contributed by atoms with Gasteiger partial charge in [-0.2, -0.15) is 0 Å². The minimum atomic E-state index is -0.433. The average molecular weight is 466 g/mol. The van der Waals surface area contributed by atoms with Gasteiger partial charge in [0.15, 0.2) is 11.5 Å². The van der Waals surface area contributed by atoms with Crippen molar-refractivity contribution in [2.24, 2.45) is 0 Å². The molecule has 34 heavy (non-hydrogen) atoms. The maximum absolute atomic E-state index is 12.5. The normalized spacial score (nSPS) is 16.2. The zero-order valence-corrected chi connectivity index (χ0v) is 20.3. The van der Waals surface area contributed by atoms with Crippen LogP contribution < -0.4 is 19.5 Å². The van der Waals surface area contributed by atoms with Gasteiger partial charge in [-0.05, 0) is 75.7 Å². The molecule has 180 valence electrons. The predicted octanol–water partition coefficient (Wildman–Crippen LogP) is 5.30. The molecule has 1 N–H and O–H groups in total. The van der Waals surface area contributed by atoms with E-state index in [9.17, 15) is 4.79 Å². The van der Waals surface area contributed by atoms with Gasteiger partial charge in [0.2, 0.25) is 0 Å². The second-order valence-corrected chi connectivity index (χ2v) is 8.55. The van der Waals surface area contributed by atoms with Crippen molar-refractivity contribution < 1.29 is 23.7 Å². The van der Waals surface area contributed by atoms with Gasteiger partial charge >= 0.3 is 6.09 Å². The molecule has 1 unspecified atom stereocenters. The molecule has 0 saturated carbocycles. The molecule has 2 aromatic carbocycles. The molecule has 1 amide bonds. The maximum atomic E-state index is 12.5. The van der Waals surface area contributed by atoms with Crippen molar-refractivity contribution in [3.8, 4) is 23.0 Å². The molecule has 0 aliphatic carbocycles. The van der Waals surface area contributed by atoms with E-state index >= 15 is 0 Å². The SMILES string of the molecule is COc1cc2nccc(Oc3ccc(NC(=O)OC4CCCN(C)C4)c(C)c3C)c2cc1OC. The summed E-state index contributed by atoms with van der Waals surface area (Å²) in [7, 11) is 5.23. The second-order valence-electron chi connectivity index (χ2n) is 8.55. The number of benzene rings is 2. The summed E-state index contributed by atoms with van der Waals surface area (Å²) in [5.41, 5.74) is 3.26. The maximum Gasteiger partial charge on any atom is 0.411 e. The zero-order chi connectivity index (χ0) is 24.2. The summed E-state index contributed by atoms with van der Waals surface area (Å²) in [4.78, 5) is 19.1. The molecule has 4 rings (SSSR count). The number of methoxy groups -OCH3 is 2. The Hall–Kier alpha value is -3.52. The quantitative estimate of drug-likeness (QED) is 0.529. The van der Waals surface area contributed by atoms with Gasteiger partial charge in [0.25, 0.3) is 0 Å². The van der Waals surface area contributed by atoms with Crippen LogP contribution in [-0.4, -0.2) is 56.4 Å². The highest BCUT2D eigenvalue weighted by molar-refractivity contribution is 5.89. The third kappa shape index (κ3) is 5.02. The van der Waals surface area contributed by atoms with Crippen LogP contribution in [0.25, 0.3) is 10.9 Å². The van der Waals surface area contributed by atoms with Gasteiger partial charge in [-0.3, -0.25) is 10.3 Å². The first-order chi connectivity index (χ1) is 16.4. The number of likely N-dealkylation sites (tertiary alicyclic amines) is 1. The third-order valence-corrected chi connectivity index (χ3v) is 6.26. The highest BCUT2D eigenvalue weighted by atomic mass is 16.6. The molecule has 1 aliphatic rings. The number of nitrogens with zero attached hydrogens (tertiary/aromatic N) is 2. The number of hydrogen-bond donors (Lipinski definition) is 1. The van der Waals surface area contributed by atoms with Gasteiger partial charge in [-0.1, -0.05) is 0 Å². The van der Waals surface area contributed by atoms with E-state index in [0.717, 1.165) is 48.0 Å². The van der Waals surface area contributed by atoms with Crippen molar-refractivity contribution in [1.29, 1.82) is 0 Å². The van der Waals surface area contributed by atoms with E-state index < -0.39 is 6.09 Å². The summed E-state index contributed by atoms with van der Waals surface area (Å²) in [6.45, 7) is 5.71. The van der Waals surface area contributed by atoms with Crippen LogP contribution in [0.3, 0.4) is 0 Å². The number of carbonyl (C=O) groups excluding carboxylic acids is 1. The summed E-state index contributed by atoms with van der Waals surface area (Å²) in [5.74, 6) is 2.54. The topological polar surface area (TPSA) is 82.2 Å². The van der Waals surface area contributed by atoms with Crippen LogP contribution in [0.15, 0.2) is 36.5 Å². The lowest BCUT2D eigenvalue weighted by molar-refractivity contribution is 0.0593. The van der Waals surface area contributed by atoms with Crippen LogP contribution in [-0.2, 0) is 4.74 Å². The molecule has 1 fully saturated rings. The number of pyridine rings is 1. The molecule has 0 bridgehead atoms. The lowest BCUT2D eigenvalue weighted by Crippen LogP contribution is -2.38. The monoisotopic (exact) mass is 465 g/mol. The summed E-state index contributed by atoms with van der Waals surface area (Å²) >= 11 is 0. The Kier molecular flexibility index (Phi) is 7.07. The minimum Gasteiger partial charge on any atom is -0.493 e. The Morgan fingerprint density at radius 1 is 1.03 bits per heavy atom. The third-order valence-electron chi connectivity index (χ3n) is 6.26. The Morgan fingerprint density at radius 3 is 2.53 bits per heavy atom. The molecular weight excluding hydrogens is 434 g/mol. The first kappa shape index (κ1) is 23.6. The molecule has 1 aromatic heterocycles. The lowest BCUT2D eigenvalue weighted by atomic mass is 10.1. The lowest BCUT2D eigenvalue weighted by Gasteiger charge is -2.29. The molecule has 2 heterocycles. The fourth-order valence-corrected chi connectivity index (χ4v) is 4.20. The van der Waals surface area contributed by atoms with Crippen LogP contribution >= 0.6 is 0 Å². The summed E-state index contributed by atoms with van der Waals surface area (Å²) in [6, 6.07) is 9.17. The molecular formula is C26H31N3O5. The number of ether oxygens (including phenoxy) is 4. The largest absolute Gasteiger partial charge is 0.493 e. The van der Waals surface area contributed by atoms with Crippen LogP contribution in [0, 0.1) is 13.8 Å². The van der Waals surface area contributed by atoms with Gasteiger partial charge in [0, 0.05) is 29.9 Å². The van der Waals surface area contributed by atoms with E-state index in [0.29, 0.717) is 28.7 Å². The number of aromatic nitrogens is 1. The molecule has 8 heteroatoms. The predicted molar refractivity (Wildman–Crippen MR) is 131 cm³/mol. The number of rotatable bonds is 6. The van der Waals surface area contributed by atoms with Gasteiger partial charge in [-0.15, -0.1) is 0 Å². The van der Waals surface area contributed by atoms with E-state index in [1.807, 2.05) is 51.2 Å². The number of anilines is 1. The fraction of sp³-hybridized carbons (Fsp3) is 0.385. The summed E-state index contributed by atoms with van der Waals surface area (Å²) < 4.78 is 22.7. The number of fused-ring (bicyclic) bond motifs is 1. The smallest absolute Gasteiger partial charge is 0.411 e. The van der Waals surface area contributed by atoms with E-state index in [1.54, 1.807) is 20.4 Å². The summed E-state index contributed by atoms with van der Waals surface area (Å²) in [6.07, 6.45) is 3.09. The second kappa shape index (κ2) is 10.2. The number of piperidine rings is 1. The highest BCUT2D eigenvalue weighted by Crippen LogP contribution is 2.38. The molecule has 0 radical (unpaired) electrons. The Balaban J connectivity index is 1.53. The Morgan fingerprint density at radius 2 is 1.79 bits per heavy atom. The molecule has 8 nitrogen and oxygen atoms in total. The van der Waals surface area contributed by atoms with Gasteiger partial charge < -0.3 is 23.8 Å². The van der Waals surface area contributed by atoms with E-state index in [1.165, 1.54) is 0 Å². The standard InChI is InChI=1S/C26H31N3O5/c1-16-17(2)22(9-8-20(16)28-26(30)33-18-7-6-12-29(3)15-18)34-23-10-11-27-21-14-25(32-5)24(31-4)13-19(21)23/h8-11,13-14,18H,6-7,12,15H2,1-5H3,(H,28,30). The first-order valence-electron chi connectivity index (χ1n) is 11.3. The number of amides is 1. The van der Waals surface area contributed by atoms with Crippen molar-refractivity contribution in [1.82, 2.24) is 9.88 Å².